The molecule has 2 N–H and O–H groups in total. The third-order valence-electron chi connectivity index (χ3n) is 4.08. The van der Waals surface area contributed by atoms with Gasteiger partial charge in [-0.1, -0.05) is 0 Å². The molecule has 7 heteroatoms. The van der Waals surface area contributed by atoms with Gasteiger partial charge in [0.1, 0.15) is 5.82 Å². The number of aryl methyl sites for hydroxylation is 2. The first-order valence-electron chi connectivity index (χ1n) is 7.90. The van der Waals surface area contributed by atoms with Crippen molar-refractivity contribution in [2.75, 3.05) is 13.2 Å². The second kappa shape index (κ2) is 6.92. The van der Waals surface area contributed by atoms with Crippen molar-refractivity contribution in [3.8, 4) is 17.0 Å². The average molecular weight is 328 g/mol. The van der Waals surface area contributed by atoms with Crippen molar-refractivity contribution < 1.29 is 14.3 Å². The molecule has 1 aliphatic rings. The molecule has 2 aromatic heterocycles. The van der Waals surface area contributed by atoms with Gasteiger partial charge in [0.05, 0.1) is 11.4 Å². The van der Waals surface area contributed by atoms with Crippen LogP contribution < -0.4 is 10.5 Å². The molecule has 0 aromatic carbocycles. The first-order chi connectivity index (χ1) is 11.5. The van der Waals surface area contributed by atoms with Crippen LogP contribution in [-0.2, 0) is 4.74 Å². The van der Waals surface area contributed by atoms with Crippen LogP contribution in [0.3, 0.4) is 0 Å². The lowest BCUT2D eigenvalue weighted by Gasteiger charge is -2.24. The summed E-state index contributed by atoms with van der Waals surface area (Å²) in [4.78, 5) is 24.5. The minimum atomic E-state index is -0.837. The number of nitrogens with zero attached hydrogens (tertiary/aromatic N) is 3. The topological polar surface area (TPSA) is 100 Å². The summed E-state index contributed by atoms with van der Waals surface area (Å²) in [6.07, 6.45) is 4.32. The SMILES string of the molecule is Cc1ncc(-c2nc(C3CCOCC3)c(OC(N)=O)cc2C)cn1. The van der Waals surface area contributed by atoms with Gasteiger partial charge in [-0.15, -0.1) is 0 Å². The molecule has 3 heterocycles. The van der Waals surface area contributed by atoms with E-state index >= 15 is 0 Å². The van der Waals surface area contributed by atoms with Crippen LogP contribution in [0.1, 0.15) is 35.8 Å². The lowest BCUT2D eigenvalue weighted by molar-refractivity contribution is 0.0840. The monoisotopic (exact) mass is 328 g/mol. The summed E-state index contributed by atoms with van der Waals surface area (Å²) < 4.78 is 10.6. The van der Waals surface area contributed by atoms with Gasteiger partial charge >= 0.3 is 6.09 Å². The van der Waals surface area contributed by atoms with Crippen molar-refractivity contribution >= 4 is 6.09 Å². The highest BCUT2D eigenvalue weighted by Crippen LogP contribution is 2.35. The zero-order chi connectivity index (χ0) is 17.1. The van der Waals surface area contributed by atoms with E-state index in [1.165, 1.54) is 0 Å². The minimum absolute atomic E-state index is 0.166. The molecule has 1 aliphatic heterocycles. The summed E-state index contributed by atoms with van der Waals surface area (Å²) in [5, 5.41) is 0. The Labute approximate surface area is 140 Å². The number of pyridine rings is 1. The summed E-state index contributed by atoms with van der Waals surface area (Å²) in [5.41, 5.74) is 8.43. The van der Waals surface area contributed by atoms with Crippen molar-refractivity contribution in [2.24, 2.45) is 5.73 Å². The molecule has 0 saturated carbocycles. The Morgan fingerprint density at radius 2 is 1.92 bits per heavy atom. The predicted octanol–water partition coefficient (Wildman–Crippen LogP) is 2.51. The highest BCUT2D eigenvalue weighted by molar-refractivity contribution is 5.70. The van der Waals surface area contributed by atoms with Gasteiger partial charge in [0.15, 0.2) is 5.75 Å². The van der Waals surface area contributed by atoms with E-state index in [9.17, 15) is 4.79 Å². The second-order valence-corrected chi connectivity index (χ2v) is 5.86. The fourth-order valence-electron chi connectivity index (χ4n) is 2.86. The fourth-order valence-corrected chi connectivity index (χ4v) is 2.86. The van der Waals surface area contributed by atoms with Crippen LogP contribution in [0.25, 0.3) is 11.3 Å². The lowest BCUT2D eigenvalue weighted by Crippen LogP contribution is -2.21. The first-order valence-corrected chi connectivity index (χ1v) is 7.90. The van der Waals surface area contributed by atoms with Crippen molar-refractivity contribution in [2.45, 2.75) is 32.6 Å². The van der Waals surface area contributed by atoms with Crippen molar-refractivity contribution in [1.29, 1.82) is 0 Å². The van der Waals surface area contributed by atoms with Crippen LogP contribution in [-0.4, -0.2) is 34.3 Å². The Bertz CT molecular complexity index is 740. The van der Waals surface area contributed by atoms with Gasteiger partial charge in [0, 0.05) is 37.1 Å². The fraction of sp³-hybridized carbons (Fsp3) is 0.412. The summed E-state index contributed by atoms with van der Waals surface area (Å²) in [6, 6.07) is 1.80. The number of aromatic nitrogens is 3. The normalized spacial score (nSPS) is 15.2. The molecule has 24 heavy (non-hydrogen) atoms. The summed E-state index contributed by atoms with van der Waals surface area (Å²) in [6.45, 7) is 5.07. The number of hydrogen-bond donors (Lipinski definition) is 1. The average Bonchev–Trinajstić information content (AvgIpc) is 2.56. The van der Waals surface area contributed by atoms with Crippen LogP contribution in [0.15, 0.2) is 18.5 Å². The van der Waals surface area contributed by atoms with Gasteiger partial charge in [-0.25, -0.2) is 19.7 Å². The zero-order valence-corrected chi connectivity index (χ0v) is 13.8. The molecule has 1 saturated heterocycles. The number of hydrogen-bond acceptors (Lipinski definition) is 6. The summed E-state index contributed by atoms with van der Waals surface area (Å²) in [5.74, 6) is 1.29. The second-order valence-electron chi connectivity index (χ2n) is 5.86. The lowest BCUT2D eigenvalue weighted by atomic mass is 9.94. The molecular weight excluding hydrogens is 308 g/mol. The number of carbonyl (C=O) groups excluding carboxylic acids is 1. The Kier molecular flexibility index (Phi) is 4.71. The van der Waals surface area contributed by atoms with Crippen LogP contribution in [0.2, 0.25) is 0 Å². The minimum Gasteiger partial charge on any atom is -0.409 e. The summed E-state index contributed by atoms with van der Waals surface area (Å²) in [7, 11) is 0. The smallest absolute Gasteiger partial charge is 0.409 e. The van der Waals surface area contributed by atoms with E-state index in [1.807, 2.05) is 13.8 Å². The third-order valence-corrected chi connectivity index (χ3v) is 4.08. The molecular formula is C17H20N4O3. The third kappa shape index (κ3) is 3.51. The van der Waals surface area contributed by atoms with E-state index in [0.29, 0.717) is 24.8 Å². The number of primary amides is 1. The Morgan fingerprint density at radius 1 is 1.25 bits per heavy atom. The van der Waals surface area contributed by atoms with Gasteiger partial charge < -0.3 is 15.2 Å². The molecule has 0 atom stereocenters. The molecule has 3 rings (SSSR count). The first kappa shape index (κ1) is 16.3. The zero-order valence-electron chi connectivity index (χ0n) is 13.8. The number of ether oxygens (including phenoxy) is 2. The molecule has 7 nitrogen and oxygen atoms in total. The molecule has 1 fully saturated rings. The van der Waals surface area contributed by atoms with Crippen molar-refractivity contribution in [1.82, 2.24) is 15.0 Å². The van der Waals surface area contributed by atoms with Gasteiger partial charge in [-0.05, 0) is 38.3 Å². The number of rotatable bonds is 3. The van der Waals surface area contributed by atoms with Gasteiger partial charge in [0.2, 0.25) is 0 Å². The molecule has 0 spiro atoms. The largest absolute Gasteiger partial charge is 0.410 e. The van der Waals surface area contributed by atoms with E-state index < -0.39 is 6.09 Å². The van der Waals surface area contributed by atoms with E-state index in [2.05, 4.69) is 9.97 Å². The summed E-state index contributed by atoms with van der Waals surface area (Å²) >= 11 is 0. The van der Waals surface area contributed by atoms with E-state index in [4.69, 9.17) is 20.2 Å². The highest BCUT2D eigenvalue weighted by Gasteiger charge is 2.24. The van der Waals surface area contributed by atoms with Crippen LogP contribution in [0, 0.1) is 13.8 Å². The number of carbonyl (C=O) groups is 1. The maximum absolute atomic E-state index is 11.2. The molecule has 0 unspecified atom stereocenters. The Hall–Kier alpha value is -2.54. The Balaban J connectivity index is 2.06. The van der Waals surface area contributed by atoms with Crippen LogP contribution in [0.4, 0.5) is 4.79 Å². The van der Waals surface area contributed by atoms with Crippen molar-refractivity contribution in [3.63, 3.8) is 0 Å². The molecule has 1 amide bonds. The van der Waals surface area contributed by atoms with Gasteiger partial charge in [-0.3, -0.25) is 0 Å². The molecule has 126 valence electrons. The maximum atomic E-state index is 11.2. The molecule has 0 bridgehead atoms. The van der Waals surface area contributed by atoms with E-state index in [-0.39, 0.29) is 5.92 Å². The molecule has 2 aromatic rings. The van der Waals surface area contributed by atoms with E-state index in [0.717, 1.165) is 35.4 Å². The van der Waals surface area contributed by atoms with Crippen LogP contribution in [0.5, 0.6) is 5.75 Å². The highest BCUT2D eigenvalue weighted by atomic mass is 16.5. The van der Waals surface area contributed by atoms with Gasteiger partial charge in [0.25, 0.3) is 0 Å². The Morgan fingerprint density at radius 3 is 2.54 bits per heavy atom. The standard InChI is InChI=1S/C17H20N4O3/c1-10-7-14(24-17(18)22)16(12-3-5-23-6-4-12)21-15(10)13-8-19-11(2)20-9-13/h7-9,12H,3-6H2,1-2H3,(H2,18,22). The van der Waals surface area contributed by atoms with Gasteiger partial charge in [-0.2, -0.15) is 0 Å². The quantitative estimate of drug-likeness (QED) is 0.929. The van der Waals surface area contributed by atoms with Crippen molar-refractivity contribution in [3.05, 3.63) is 35.5 Å². The number of amides is 1. The van der Waals surface area contributed by atoms with E-state index in [1.54, 1.807) is 18.5 Å². The molecule has 0 radical (unpaired) electrons. The molecule has 0 aliphatic carbocycles. The predicted molar refractivity (Wildman–Crippen MR) is 87.7 cm³/mol. The maximum Gasteiger partial charge on any atom is 0.410 e. The van der Waals surface area contributed by atoms with Crippen LogP contribution >= 0.6 is 0 Å². The number of nitrogens with two attached hydrogens (primary N) is 1.